The van der Waals surface area contributed by atoms with Crippen molar-refractivity contribution in [1.82, 2.24) is 14.7 Å². The van der Waals surface area contributed by atoms with E-state index in [0.717, 1.165) is 43.8 Å². The van der Waals surface area contributed by atoms with Crippen LogP contribution in [0, 0.1) is 11.6 Å². The third kappa shape index (κ3) is 9.74. The summed E-state index contributed by atoms with van der Waals surface area (Å²) in [7, 11) is 0. The normalized spacial score (nSPS) is 21.6. The number of hydrogen-bond acceptors (Lipinski definition) is 5. The Morgan fingerprint density at radius 1 is 0.977 bits per heavy atom. The summed E-state index contributed by atoms with van der Waals surface area (Å²) in [5, 5.41) is 0. The molecule has 1 amide bonds. The van der Waals surface area contributed by atoms with Gasteiger partial charge < -0.3 is 29.6 Å². The van der Waals surface area contributed by atoms with E-state index in [9.17, 15) is 13.6 Å². The lowest BCUT2D eigenvalue weighted by Crippen LogP contribution is -2.54. The molecule has 248 valence electrons. The summed E-state index contributed by atoms with van der Waals surface area (Å²) in [5.41, 5.74) is 0.577. The first-order valence-corrected chi connectivity index (χ1v) is 15.4. The molecule has 1 unspecified atom stereocenters. The number of likely N-dealkylation sites (tertiary alicyclic amines) is 2. The Labute approximate surface area is 273 Å². The molecule has 0 aliphatic carbocycles. The molecule has 5 rings (SSSR count). The van der Waals surface area contributed by atoms with Crippen LogP contribution in [-0.4, -0.2) is 90.6 Å². The lowest BCUT2D eigenvalue weighted by atomic mass is 9.87. The largest absolute Gasteiger partial charge is 0.491 e. The second-order valence-corrected chi connectivity index (χ2v) is 12.2. The first kappa shape index (κ1) is 38.2. The molecule has 1 atom stereocenters. The highest BCUT2D eigenvalue weighted by Gasteiger charge is 2.41. The van der Waals surface area contributed by atoms with E-state index >= 15 is 0 Å². The average molecular weight is 661 g/mol. The van der Waals surface area contributed by atoms with Gasteiger partial charge in [0, 0.05) is 19.1 Å². The van der Waals surface area contributed by atoms with Crippen molar-refractivity contribution in [2.24, 2.45) is 0 Å². The molecule has 3 aliphatic rings. The number of benzene rings is 2. The maximum absolute atomic E-state index is 14.5. The number of nitrogens with zero attached hydrogens (tertiary/aromatic N) is 3. The Morgan fingerprint density at radius 2 is 1.70 bits per heavy atom. The molecule has 0 radical (unpaired) electrons. The van der Waals surface area contributed by atoms with Gasteiger partial charge in [-0.2, -0.15) is 0 Å². The average Bonchev–Trinajstić information content (AvgIpc) is 2.98. The number of carbonyl (C=O) groups is 1. The maximum Gasteiger partial charge on any atom is 0.227 e. The van der Waals surface area contributed by atoms with Gasteiger partial charge in [0.2, 0.25) is 5.91 Å². The Hall–Kier alpha value is -2.01. The van der Waals surface area contributed by atoms with Crippen LogP contribution < -0.4 is 4.74 Å². The molecule has 3 fully saturated rings. The second-order valence-electron chi connectivity index (χ2n) is 12.2. The Bertz CT molecular complexity index is 1180. The van der Waals surface area contributed by atoms with Gasteiger partial charge in [0.25, 0.3) is 0 Å². The summed E-state index contributed by atoms with van der Waals surface area (Å²) in [5.74, 6) is -1.04. The summed E-state index contributed by atoms with van der Waals surface area (Å²) in [4.78, 5) is 20.5. The maximum atomic E-state index is 14.5. The quantitative estimate of drug-likeness (QED) is 0.360. The van der Waals surface area contributed by atoms with Crippen LogP contribution in [-0.2, 0) is 21.6 Å². The number of carbonyl (C=O) groups excluding carboxylic acids is 1. The first-order chi connectivity index (χ1) is 19.8. The number of halogens is 4. The molecule has 44 heavy (non-hydrogen) atoms. The van der Waals surface area contributed by atoms with Gasteiger partial charge in [-0.1, -0.05) is 24.6 Å². The van der Waals surface area contributed by atoms with Gasteiger partial charge in [-0.05, 0) is 108 Å². The van der Waals surface area contributed by atoms with Crippen molar-refractivity contribution in [2.75, 3.05) is 52.4 Å². The van der Waals surface area contributed by atoms with Crippen LogP contribution in [0.15, 0.2) is 42.5 Å². The summed E-state index contributed by atoms with van der Waals surface area (Å²) in [6, 6.07) is 12.3. The van der Waals surface area contributed by atoms with Crippen molar-refractivity contribution >= 4 is 30.7 Å². The molecule has 3 saturated heterocycles. The highest BCUT2D eigenvalue weighted by atomic mass is 35.5. The van der Waals surface area contributed by atoms with Crippen LogP contribution in [0.1, 0.15) is 63.5 Å². The topological polar surface area (TPSA) is 76.8 Å². The third-order valence-electron chi connectivity index (χ3n) is 8.91. The van der Waals surface area contributed by atoms with Crippen LogP contribution in [0.25, 0.3) is 0 Å². The van der Waals surface area contributed by atoms with Crippen LogP contribution in [0.2, 0.25) is 0 Å². The number of hydrogen-bond donors (Lipinski definition) is 0. The molecule has 2 N–H and O–H groups in total. The predicted molar refractivity (Wildman–Crippen MR) is 174 cm³/mol. The van der Waals surface area contributed by atoms with Gasteiger partial charge in [0.15, 0.2) is 11.6 Å². The first-order valence-electron chi connectivity index (χ1n) is 15.4. The molecule has 0 bridgehead atoms. The van der Waals surface area contributed by atoms with Gasteiger partial charge in [-0.15, -0.1) is 24.8 Å². The molecule has 0 saturated carbocycles. The Balaban J connectivity index is 0.00000225. The molecule has 11 heteroatoms. The van der Waals surface area contributed by atoms with Crippen LogP contribution in [0.4, 0.5) is 8.78 Å². The molecule has 3 aliphatic heterocycles. The van der Waals surface area contributed by atoms with Crippen LogP contribution in [0.5, 0.6) is 5.75 Å². The second kappa shape index (κ2) is 17.6. The van der Waals surface area contributed by atoms with Gasteiger partial charge >= 0.3 is 0 Å². The molecular formula is C33H49Cl2F2N3O4. The predicted octanol–water partition coefficient (Wildman–Crippen LogP) is 5.41. The highest BCUT2D eigenvalue weighted by Crippen LogP contribution is 2.35. The molecule has 0 spiro atoms. The fraction of sp³-hybridized carbons (Fsp3) is 0.606. The van der Waals surface area contributed by atoms with E-state index in [0.29, 0.717) is 37.7 Å². The fourth-order valence-corrected chi connectivity index (χ4v) is 6.66. The van der Waals surface area contributed by atoms with Gasteiger partial charge in [-0.25, -0.2) is 8.78 Å². The van der Waals surface area contributed by atoms with Crippen LogP contribution in [0.3, 0.4) is 0 Å². The van der Waals surface area contributed by atoms with Gasteiger partial charge in [0.05, 0.1) is 25.7 Å². The summed E-state index contributed by atoms with van der Waals surface area (Å²) < 4.78 is 40.6. The number of rotatable bonds is 9. The minimum Gasteiger partial charge on any atom is -0.491 e. The van der Waals surface area contributed by atoms with E-state index in [-0.39, 0.29) is 48.7 Å². The highest BCUT2D eigenvalue weighted by molar-refractivity contribution is 5.85. The van der Waals surface area contributed by atoms with Crippen molar-refractivity contribution in [3.05, 3.63) is 65.2 Å². The zero-order valence-electron chi connectivity index (χ0n) is 25.9. The number of morpholine rings is 1. The summed E-state index contributed by atoms with van der Waals surface area (Å²) in [6.45, 7) is 10.3. The van der Waals surface area contributed by atoms with E-state index in [2.05, 4.69) is 9.80 Å². The lowest BCUT2D eigenvalue weighted by molar-refractivity contribution is -0.154. The van der Waals surface area contributed by atoms with Crippen molar-refractivity contribution in [3.8, 4) is 5.75 Å². The minimum atomic E-state index is -0.894. The monoisotopic (exact) mass is 659 g/mol. The number of amides is 1. The summed E-state index contributed by atoms with van der Waals surface area (Å²) >= 11 is 0. The lowest BCUT2D eigenvalue weighted by Gasteiger charge is -2.45. The number of piperidine rings is 2. The van der Waals surface area contributed by atoms with Crippen molar-refractivity contribution < 1.29 is 28.5 Å². The molecule has 7 nitrogen and oxygen atoms in total. The SMILES string of the molecule is CC(C)Oc1cccc(CC(=O)N2CCOC(CCN3CCC(N4CCCCC4)CC3)(c3ccc(F)c(F)c3)C2)c1.Cl.Cl.O. The number of ether oxygens (including phenoxy) is 2. The zero-order chi connectivity index (χ0) is 28.8. The van der Waals surface area contributed by atoms with Crippen LogP contribution >= 0.6 is 24.8 Å². The van der Waals surface area contributed by atoms with E-state index in [1.165, 1.54) is 44.5 Å². The standard InChI is InChI=1S/C33H45F2N3O3.2ClH.H2O/c1-25(2)41-29-8-6-7-26(21-29)22-32(39)38-19-20-40-33(24-38,27-9-10-30(34)31(35)23-27)13-18-36-16-11-28(12-17-36)37-14-4-3-5-15-37;;;/h6-10,21,23,25,28H,3-5,11-20,22,24H2,1-2H3;2*1H;1H2. The third-order valence-corrected chi connectivity index (χ3v) is 8.91. The molecular weight excluding hydrogens is 611 g/mol. The molecule has 2 aromatic carbocycles. The zero-order valence-corrected chi connectivity index (χ0v) is 27.6. The Morgan fingerprint density at radius 3 is 2.39 bits per heavy atom. The van der Waals surface area contributed by atoms with Crippen molar-refractivity contribution in [1.29, 1.82) is 0 Å². The van der Waals surface area contributed by atoms with E-state index in [4.69, 9.17) is 9.47 Å². The van der Waals surface area contributed by atoms with Gasteiger partial charge in [0.1, 0.15) is 11.4 Å². The molecule has 3 heterocycles. The summed E-state index contributed by atoms with van der Waals surface area (Å²) in [6.07, 6.45) is 7.17. The van der Waals surface area contributed by atoms with Crippen molar-refractivity contribution in [2.45, 2.75) is 76.5 Å². The molecule has 0 aromatic heterocycles. The van der Waals surface area contributed by atoms with Gasteiger partial charge in [-0.3, -0.25) is 4.79 Å². The van der Waals surface area contributed by atoms with E-state index < -0.39 is 17.2 Å². The molecule has 2 aromatic rings. The smallest absolute Gasteiger partial charge is 0.227 e. The van der Waals surface area contributed by atoms with E-state index in [1.807, 2.05) is 43.0 Å². The minimum absolute atomic E-state index is 0. The Kier molecular flexibility index (Phi) is 15.3. The van der Waals surface area contributed by atoms with E-state index in [1.54, 1.807) is 6.07 Å². The fourth-order valence-electron chi connectivity index (χ4n) is 6.66. The van der Waals surface area contributed by atoms with Crippen molar-refractivity contribution in [3.63, 3.8) is 0 Å².